The molecule has 1 atom stereocenters. The fraction of sp³-hybridized carbons (Fsp3) is 0.200. The summed E-state index contributed by atoms with van der Waals surface area (Å²) in [5.74, 6) is -0.334. The summed E-state index contributed by atoms with van der Waals surface area (Å²) < 4.78 is 13.8. The predicted molar refractivity (Wildman–Crippen MR) is 84.0 cm³/mol. The Morgan fingerprint density at radius 3 is 2.50 bits per heavy atom. The Kier molecular flexibility index (Phi) is 5.44. The molecular weight excluding hydrogens is 366 g/mol. The van der Waals surface area contributed by atoms with E-state index in [1.54, 1.807) is 30.3 Å². The van der Waals surface area contributed by atoms with Gasteiger partial charge in [0.05, 0.1) is 10.6 Å². The second-order valence-corrected chi connectivity index (χ2v) is 6.15. The van der Waals surface area contributed by atoms with Crippen LogP contribution in [0.1, 0.15) is 11.1 Å². The molecule has 0 aliphatic heterocycles. The summed E-state index contributed by atoms with van der Waals surface area (Å²) in [4.78, 5) is 0. The highest BCUT2D eigenvalue weighted by molar-refractivity contribution is 9.10. The molecule has 0 aliphatic carbocycles. The normalized spacial score (nSPS) is 12.4. The van der Waals surface area contributed by atoms with E-state index in [1.807, 2.05) is 0 Å². The van der Waals surface area contributed by atoms with E-state index in [0.717, 1.165) is 11.1 Å². The molecule has 0 saturated heterocycles. The van der Waals surface area contributed by atoms with Gasteiger partial charge in [0.1, 0.15) is 5.82 Å². The van der Waals surface area contributed by atoms with Gasteiger partial charge in [0.2, 0.25) is 0 Å². The van der Waals surface area contributed by atoms with Gasteiger partial charge in [-0.1, -0.05) is 41.4 Å². The van der Waals surface area contributed by atoms with Crippen LogP contribution < -0.4 is 0 Å². The Hall–Kier alpha value is -0.610. The first-order valence-corrected chi connectivity index (χ1v) is 7.57. The SMILES string of the molecule is OC(Cc1ccc(Cl)cc1Cl)Cc1cccc(F)c1Br. The molecule has 0 radical (unpaired) electrons. The van der Waals surface area contributed by atoms with Crippen molar-refractivity contribution < 1.29 is 9.50 Å². The lowest BCUT2D eigenvalue weighted by Crippen LogP contribution is -2.14. The smallest absolute Gasteiger partial charge is 0.137 e. The molecule has 0 heterocycles. The number of aliphatic hydroxyl groups is 1. The number of halogens is 4. The molecule has 0 amide bonds. The summed E-state index contributed by atoms with van der Waals surface area (Å²) in [6.07, 6.45) is 0.0859. The number of hydrogen-bond donors (Lipinski definition) is 1. The molecule has 2 rings (SSSR count). The maximum Gasteiger partial charge on any atom is 0.137 e. The van der Waals surface area contributed by atoms with E-state index in [4.69, 9.17) is 23.2 Å². The highest BCUT2D eigenvalue weighted by Gasteiger charge is 2.13. The Labute approximate surface area is 135 Å². The zero-order valence-corrected chi connectivity index (χ0v) is 13.5. The van der Waals surface area contributed by atoms with Gasteiger partial charge in [-0.05, 0) is 51.7 Å². The van der Waals surface area contributed by atoms with Crippen molar-refractivity contribution >= 4 is 39.1 Å². The van der Waals surface area contributed by atoms with Crippen molar-refractivity contribution in [2.24, 2.45) is 0 Å². The first-order chi connectivity index (χ1) is 9.47. The maximum absolute atomic E-state index is 13.4. The van der Waals surface area contributed by atoms with E-state index in [-0.39, 0.29) is 5.82 Å². The maximum atomic E-state index is 13.4. The molecule has 1 N–H and O–H groups in total. The topological polar surface area (TPSA) is 20.2 Å². The standard InChI is InChI=1S/C15H12BrCl2FO/c16-15-10(2-1-3-14(15)19)7-12(20)6-9-4-5-11(17)8-13(9)18/h1-5,8,12,20H,6-7H2. The van der Waals surface area contributed by atoms with Crippen LogP contribution in [0.25, 0.3) is 0 Å². The molecule has 0 aliphatic rings. The fourth-order valence-electron chi connectivity index (χ4n) is 1.97. The summed E-state index contributed by atoms with van der Waals surface area (Å²) in [5, 5.41) is 11.2. The zero-order valence-electron chi connectivity index (χ0n) is 10.4. The molecule has 5 heteroatoms. The third-order valence-corrected chi connectivity index (χ3v) is 4.43. The van der Waals surface area contributed by atoms with E-state index in [1.165, 1.54) is 6.07 Å². The quantitative estimate of drug-likeness (QED) is 0.791. The molecule has 0 aromatic heterocycles. The molecule has 2 aromatic carbocycles. The van der Waals surface area contributed by atoms with Gasteiger partial charge in [-0.15, -0.1) is 0 Å². The van der Waals surface area contributed by atoms with Crippen LogP contribution in [-0.4, -0.2) is 11.2 Å². The fourth-order valence-corrected chi connectivity index (χ4v) is 2.89. The van der Waals surface area contributed by atoms with Crippen molar-refractivity contribution in [2.45, 2.75) is 18.9 Å². The first kappa shape index (κ1) is 15.8. The number of hydrogen-bond acceptors (Lipinski definition) is 1. The lowest BCUT2D eigenvalue weighted by molar-refractivity contribution is 0.175. The molecule has 0 spiro atoms. The summed E-state index contributed by atoms with van der Waals surface area (Å²) in [6.45, 7) is 0. The third-order valence-electron chi connectivity index (χ3n) is 2.96. The van der Waals surface area contributed by atoms with Crippen molar-refractivity contribution in [1.82, 2.24) is 0 Å². The third kappa shape index (κ3) is 3.95. The average molecular weight is 378 g/mol. The molecule has 0 saturated carbocycles. The van der Waals surface area contributed by atoms with E-state index in [0.29, 0.717) is 27.4 Å². The largest absolute Gasteiger partial charge is 0.392 e. The molecule has 1 unspecified atom stereocenters. The van der Waals surface area contributed by atoms with Gasteiger partial charge in [0.15, 0.2) is 0 Å². The van der Waals surface area contributed by atoms with Crippen LogP contribution in [0.4, 0.5) is 4.39 Å². The van der Waals surface area contributed by atoms with Crippen molar-refractivity contribution in [2.75, 3.05) is 0 Å². The van der Waals surface area contributed by atoms with Gasteiger partial charge in [-0.2, -0.15) is 0 Å². The minimum absolute atomic E-state index is 0.334. The van der Waals surface area contributed by atoms with Crippen LogP contribution in [0.3, 0.4) is 0 Å². The summed E-state index contributed by atoms with van der Waals surface area (Å²) >= 11 is 15.1. The zero-order chi connectivity index (χ0) is 14.7. The molecule has 0 fully saturated rings. The van der Waals surface area contributed by atoms with Gasteiger partial charge in [0.25, 0.3) is 0 Å². The second kappa shape index (κ2) is 6.90. The Balaban J connectivity index is 2.09. The monoisotopic (exact) mass is 376 g/mol. The predicted octanol–water partition coefficient (Wildman–Crippen LogP) is 5.04. The number of rotatable bonds is 4. The lowest BCUT2D eigenvalue weighted by Gasteiger charge is -2.13. The second-order valence-electron chi connectivity index (χ2n) is 4.51. The minimum Gasteiger partial charge on any atom is -0.392 e. The van der Waals surface area contributed by atoms with Gasteiger partial charge >= 0.3 is 0 Å². The Morgan fingerprint density at radius 2 is 1.80 bits per heavy atom. The summed E-state index contributed by atoms with van der Waals surface area (Å²) in [6, 6.07) is 9.93. The van der Waals surface area contributed by atoms with Gasteiger partial charge in [-0.3, -0.25) is 0 Å². The van der Waals surface area contributed by atoms with Crippen molar-refractivity contribution in [3.63, 3.8) is 0 Å². The van der Waals surface area contributed by atoms with Crippen molar-refractivity contribution in [1.29, 1.82) is 0 Å². The van der Waals surface area contributed by atoms with Crippen LogP contribution in [0.2, 0.25) is 10.0 Å². The summed E-state index contributed by atoms with van der Waals surface area (Å²) in [5.41, 5.74) is 1.54. The van der Waals surface area contributed by atoms with Crippen molar-refractivity contribution in [3.05, 3.63) is 67.9 Å². The Bertz CT molecular complexity index is 619. The summed E-state index contributed by atoms with van der Waals surface area (Å²) in [7, 11) is 0. The van der Waals surface area contributed by atoms with Crippen LogP contribution in [0.5, 0.6) is 0 Å². The van der Waals surface area contributed by atoms with E-state index in [9.17, 15) is 9.50 Å². The van der Waals surface area contributed by atoms with Crippen LogP contribution in [0, 0.1) is 5.82 Å². The molecule has 2 aromatic rings. The molecule has 20 heavy (non-hydrogen) atoms. The number of aliphatic hydroxyl groups excluding tert-OH is 1. The van der Waals surface area contributed by atoms with Crippen molar-refractivity contribution in [3.8, 4) is 0 Å². The molecule has 0 bridgehead atoms. The van der Waals surface area contributed by atoms with Gasteiger partial charge in [-0.25, -0.2) is 4.39 Å². The van der Waals surface area contributed by atoms with Gasteiger partial charge in [0, 0.05) is 16.5 Å². The van der Waals surface area contributed by atoms with E-state index >= 15 is 0 Å². The van der Waals surface area contributed by atoms with E-state index < -0.39 is 6.10 Å². The van der Waals surface area contributed by atoms with Gasteiger partial charge < -0.3 is 5.11 Å². The Morgan fingerprint density at radius 1 is 1.10 bits per heavy atom. The van der Waals surface area contributed by atoms with Crippen LogP contribution in [-0.2, 0) is 12.8 Å². The number of benzene rings is 2. The highest BCUT2D eigenvalue weighted by Crippen LogP contribution is 2.25. The molecule has 106 valence electrons. The minimum atomic E-state index is -0.647. The van der Waals surface area contributed by atoms with Crippen LogP contribution in [0.15, 0.2) is 40.9 Å². The molecule has 1 nitrogen and oxygen atoms in total. The first-order valence-electron chi connectivity index (χ1n) is 6.02. The molecular formula is C15H12BrCl2FO. The average Bonchev–Trinajstić information content (AvgIpc) is 2.38. The highest BCUT2D eigenvalue weighted by atomic mass is 79.9. The van der Waals surface area contributed by atoms with Crippen LogP contribution >= 0.6 is 39.1 Å². The van der Waals surface area contributed by atoms with E-state index in [2.05, 4.69) is 15.9 Å². The lowest BCUT2D eigenvalue weighted by atomic mass is 10.0.